The maximum Gasteiger partial charge on any atom is 0.251 e. The van der Waals surface area contributed by atoms with Crippen LogP contribution in [0.3, 0.4) is 0 Å². The molecule has 36 heavy (non-hydrogen) atoms. The number of hydrogen-bond acceptors (Lipinski definition) is 3. The van der Waals surface area contributed by atoms with Crippen LogP contribution in [0.5, 0.6) is 0 Å². The lowest BCUT2D eigenvalue weighted by atomic mass is 10.1. The van der Waals surface area contributed by atoms with Crippen molar-refractivity contribution in [2.45, 2.75) is 19.5 Å². The fourth-order valence-corrected chi connectivity index (χ4v) is 3.76. The van der Waals surface area contributed by atoms with Crippen molar-refractivity contribution < 1.29 is 18.4 Å². The van der Waals surface area contributed by atoms with Crippen LogP contribution in [-0.2, 0) is 29.1 Å². The molecule has 0 radical (unpaired) electrons. The van der Waals surface area contributed by atoms with Gasteiger partial charge >= 0.3 is 0 Å². The molecule has 1 aromatic heterocycles. The lowest BCUT2D eigenvalue weighted by Gasteiger charge is -2.23. The number of hydrogen-bond donors (Lipinski definition) is 0. The van der Waals surface area contributed by atoms with Crippen LogP contribution in [0.4, 0.5) is 10.1 Å². The molecule has 0 bridgehead atoms. The highest BCUT2D eigenvalue weighted by molar-refractivity contribution is 6.03. The normalized spacial score (nSPS) is 10.9. The first-order valence-corrected chi connectivity index (χ1v) is 11.6. The van der Waals surface area contributed by atoms with Gasteiger partial charge in [-0.05, 0) is 59.2 Å². The minimum atomic E-state index is -0.334. The molecule has 5 nitrogen and oxygen atoms in total. The van der Waals surface area contributed by atoms with Crippen molar-refractivity contribution in [2.75, 3.05) is 11.9 Å². The quantitative estimate of drug-likeness (QED) is 0.281. The number of anilines is 1. The minimum absolute atomic E-state index is 0.0658. The van der Waals surface area contributed by atoms with E-state index in [1.807, 2.05) is 60.7 Å². The molecule has 0 N–H and O–H groups in total. The zero-order chi connectivity index (χ0) is 25.3. The number of likely N-dealkylation sites (N-methyl/N-ethyl adjacent to an activating group) is 1. The molecule has 0 spiro atoms. The molecule has 182 valence electrons. The Balaban J connectivity index is 1.54. The summed E-state index contributed by atoms with van der Waals surface area (Å²) < 4.78 is 18.8. The first kappa shape index (κ1) is 24.7. The number of carbonyl (C=O) groups is 2. The van der Waals surface area contributed by atoms with Gasteiger partial charge < -0.3 is 14.2 Å². The second kappa shape index (κ2) is 11.8. The number of carbonyl (C=O) groups excluding carboxylic acids is 2. The summed E-state index contributed by atoms with van der Waals surface area (Å²) in [6, 6.07) is 26.6. The Bertz CT molecular complexity index is 1320. The molecule has 0 unspecified atom stereocenters. The summed E-state index contributed by atoms with van der Waals surface area (Å²) in [6.45, 7) is 0.638. The van der Waals surface area contributed by atoms with Crippen molar-refractivity contribution in [2.24, 2.45) is 0 Å². The van der Waals surface area contributed by atoms with Crippen molar-refractivity contribution in [3.63, 3.8) is 0 Å². The third kappa shape index (κ3) is 6.79. The number of benzene rings is 3. The average molecular weight is 483 g/mol. The molecule has 0 aliphatic rings. The number of nitrogens with zero attached hydrogens (tertiary/aromatic N) is 2. The Morgan fingerprint density at radius 2 is 1.64 bits per heavy atom. The molecule has 0 saturated heterocycles. The predicted octanol–water partition coefficient (Wildman–Crippen LogP) is 5.87. The fraction of sp³-hybridized carbons (Fsp3) is 0.133. The monoisotopic (exact) mass is 482 g/mol. The van der Waals surface area contributed by atoms with E-state index in [2.05, 4.69) is 0 Å². The van der Waals surface area contributed by atoms with Gasteiger partial charge in [-0.15, -0.1) is 0 Å². The van der Waals surface area contributed by atoms with Crippen LogP contribution in [0.15, 0.2) is 108 Å². The fourth-order valence-electron chi connectivity index (χ4n) is 3.76. The second-order valence-corrected chi connectivity index (χ2v) is 8.47. The molecule has 2 amide bonds. The highest BCUT2D eigenvalue weighted by Gasteiger charge is 2.17. The van der Waals surface area contributed by atoms with Crippen molar-refractivity contribution in [1.82, 2.24) is 4.90 Å². The highest BCUT2D eigenvalue weighted by Crippen LogP contribution is 2.21. The van der Waals surface area contributed by atoms with Crippen LogP contribution in [0.1, 0.15) is 22.5 Å². The smallest absolute Gasteiger partial charge is 0.251 e. The maximum absolute atomic E-state index is 13.4. The lowest BCUT2D eigenvalue weighted by molar-refractivity contribution is -0.129. The van der Waals surface area contributed by atoms with Gasteiger partial charge in [-0.3, -0.25) is 9.59 Å². The molecular weight excluding hydrogens is 455 g/mol. The van der Waals surface area contributed by atoms with Gasteiger partial charge in [0.05, 0.1) is 25.8 Å². The van der Waals surface area contributed by atoms with Crippen molar-refractivity contribution >= 4 is 23.6 Å². The van der Waals surface area contributed by atoms with E-state index in [1.165, 1.54) is 18.2 Å². The van der Waals surface area contributed by atoms with Crippen molar-refractivity contribution in [3.05, 3.63) is 132 Å². The van der Waals surface area contributed by atoms with Gasteiger partial charge in [-0.2, -0.15) is 0 Å². The van der Waals surface area contributed by atoms with Crippen LogP contribution in [0.25, 0.3) is 6.08 Å². The van der Waals surface area contributed by atoms with E-state index in [4.69, 9.17) is 4.42 Å². The van der Waals surface area contributed by atoms with E-state index in [0.717, 1.165) is 16.7 Å². The van der Waals surface area contributed by atoms with Gasteiger partial charge in [0.15, 0.2) is 0 Å². The Morgan fingerprint density at radius 1 is 0.861 bits per heavy atom. The SMILES string of the molecule is CN(Cc1ccco1)C(=O)Cc1cccc(N(Cc2ccc(F)cc2)C(=O)/C=C/c2ccccc2)c1. The van der Waals surface area contributed by atoms with Gasteiger partial charge in [-0.1, -0.05) is 54.6 Å². The van der Waals surface area contributed by atoms with Crippen molar-refractivity contribution in [1.29, 1.82) is 0 Å². The maximum atomic E-state index is 13.4. The zero-order valence-corrected chi connectivity index (χ0v) is 20.0. The molecule has 0 aliphatic carbocycles. The molecular formula is C30H27FN2O3. The Labute approximate surface area is 210 Å². The standard InChI is InChI=1S/C30H27FN2O3/c1-32(22-28-11-6-18-36-28)30(35)20-25-9-5-10-27(19-25)33(21-24-12-15-26(31)16-13-24)29(34)17-14-23-7-3-2-4-8-23/h2-19H,20-22H2,1H3/b17-14+. The summed E-state index contributed by atoms with van der Waals surface area (Å²) >= 11 is 0. The first-order valence-electron chi connectivity index (χ1n) is 11.6. The molecule has 3 aromatic carbocycles. The van der Waals surface area contributed by atoms with Crippen LogP contribution in [-0.4, -0.2) is 23.8 Å². The minimum Gasteiger partial charge on any atom is -0.467 e. The van der Waals surface area contributed by atoms with Crippen LogP contribution >= 0.6 is 0 Å². The molecule has 4 rings (SSSR count). The number of furan rings is 1. The van der Waals surface area contributed by atoms with Crippen LogP contribution < -0.4 is 4.90 Å². The molecule has 0 aliphatic heterocycles. The van der Waals surface area contributed by atoms with Gasteiger partial charge in [0.25, 0.3) is 5.91 Å². The summed E-state index contributed by atoms with van der Waals surface area (Å²) in [6.07, 6.45) is 5.05. The average Bonchev–Trinajstić information content (AvgIpc) is 3.41. The summed E-state index contributed by atoms with van der Waals surface area (Å²) in [4.78, 5) is 29.3. The van der Waals surface area contributed by atoms with Gasteiger partial charge in [0.1, 0.15) is 11.6 Å². The number of amides is 2. The first-order chi connectivity index (χ1) is 17.5. The lowest BCUT2D eigenvalue weighted by Crippen LogP contribution is -2.29. The summed E-state index contributed by atoms with van der Waals surface area (Å²) in [7, 11) is 1.73. The predicted molar refractivity (Wildman–Crippen MR) is 138 cm³/mol. The molecule has 6 heteroatoms. The topological polar surface area (TPSA) is 53.8 Å². The van der Waals surface area contributed by atoms with E-state index >= 15 is 0 Å². The van der Waals surface area contributed by atoms with E-state index in [9.17, 15) is 14.0 Å². The second-order valence-electron chi connectivity index (χ2n) is 8.47. The number of rotatable bonds is 9. The van der Waals surface area contributed by atoms with Crippen LogP contribution in [0.2, 0.25) is 0 Å². The summed E-state index contributed by atoms with van der Waals surface area (Å²) in [5.41, 5.74) is 3.14. The highest BCUT2D eigenvalue weighted by atomic mass is 19.1. The van der Waals surface area contributed by atoms with E-state index in [-0.39, 0.29) is 30.6 Å². The van der Waals surface area contributed by atoms with Crippen LogP contribution in [0, 0.1) is 5.82 Å². The zero-order valence-electron chi connectivity index (χ0n) is 20.0. The molecule has 0 atom stereocenters. The third-order valence-corrected chi connectivity index (χ3v) is 5.71. The van der Waals surface area contributed by atoms with E-state index in [1.54, 1.807) is 47.4 Å². The Morgan fingerprint density at radius 3 is 2.36 bits per heavy atom. The largest absolute Gasteiger partial charge is 0.467 e. The molecule has 0 fully saturated rings. The molecule has 1 heterocycles. The number of halogens is 1. The van der Waals surface area contributed by atoms with Gasteiger partial charge in [-0.25, -0.2) is 4.39 Å². The third-order valence-electron chi connectivity index (χ3n) is 5.71. The summed E-state index contributed by atoms with van der Waals surface area (Å²) in [5, 5.41) is 0. The summed E-state index contributed by atoms with van der Waals surface area (Å²) in [5.74, 6) is 0.0891. The van der Waals surface area contributed by atoms with E-state index < -0.39 is 0 Å². The molecule has 0 saturated carbocycles. The van der Waals surface area contributed by atoms with E-state index in [0.29, 0.717) is 18.0 Å². The Hall–Kier alpha value is -4.45. The Kier molecular flexibility index (Phi) is 8.08. The van der Waals surface area contributed by atoms with Gasteiger partial charge in [0.2, 0.25) is 5.91 Å². The molecule has 4 aromatic rings. The van der Waals surface area contributed by atoms with Gasteiger partial charge in [0, 0.05) is 18.8 Å². The van der Waals surface area contributed by atoms with Crippen molar-refractivity contribution in [3.8, 4) is 0 Å².